The first kappa shape index (κ1) is 14.0. The lowest BCUT2D eigenvalue weighted by Crippen LogP contribution is -2.51. The summed E-state index contributed by atoms with van der Waals surface area (Å²) < 4.78 is 5.33. The summed E-state index contributed by atoms with van der Waals surface area (Å²) in [7, 11) is 0. The van der Waals surface area contributed by atoms with Crippen molar-refractivity contribution in [2.24, 2.45) is 5.73 Å². The molecular formula is C11H21N3O2S. The van der Waals surface area contributed by atoms with Gasteiger partial charge in [0.05, 0.1) is 0 Å². The monoisotopic (exact) mass is 259 g/mol. The molecule has 5 nitrogen and oxygen atoms in total. The maximum Gasteiger partial charge on any atom is 0.410 e. The highest BCUT2D eigenvalue weighted by Crippen LogP contribution is 2.15. The lowest BCUT2D eigenvalue weighted by atomic mass is 10.1. The number of likely N-dealkylation sites (tertiary alicyclic amines) is 1. The summed E-state index contributed by atoms with van der Waals surface area (Å²) in [6.45, 7) is 6.90. The summed E-state index contributed by atoms with van der Waals surface area (Å²) in [6, 6.07) is 0.133. The van der Waals surface area contributed by atoms with E-state index < -0.39 is 5.60 Å². The van der Waals surface area contributed by atoms with Crippen molar-refractivity contribution in [2.75, 3.05) is 13.1 Å². The van der Waals surface area contributed by atoms with Gasteiger partial charge in [0.2, 0.25) is 0 Å². The number of carbonyl (C=O) groups excluding carboxylic acids is 1. The van der Waals surface area contributed by atoms with E-state index in [1.165, 1.54) is 0 Å². The number of amides is 1. The highest BCUT2D eigenvalue weighted by Gasteiger charge is 2.27. The Hall–Kier alpha value is -1.04. The van der Waals surface area contributed by atoms with E-state index >= 15 is 0 Å². The van der Waals surface area contributed by atoms with Crippen LogP contribution in [0.5, 0.6) is 0 Å². The van der Waals surface area contributed by atoms with Gasteiger partial charge in [0, 0.05) is 19.1 Å². The van der Waals surface area contributed by atoms with Gasteiger partial charge in [0.25, 0.3) is 0 Å². The molecule has 0 spiro atoms. The van der Waals surface area contributed by atoms with Gasteiger partial charge in [-0.25, -0.2) is 4.79 Å². The van der Waals surface area contributed by atoms with Gasteiger partial charge in [-0.3, -0.25) is 0 Å². The van der Waals surface area contributed by atoms with Gasteiger partial charge >= 0.3 is 6.09 Å². The number of piperidine rings is 1. The number of nitrogens with two attached hydrogens (primary N) is 1. The molecule has 17 heavy (non-hydrogen) atoms. The second-order valence-corrected chi connectivity index (χ2v) is 5.71. The second kappa shape index (κ2) is 5.53. The molecule has 0 aliphatic carbocycles. The van der Waals surface area contributed by atoms with E-state index in [4.69, 9.17) is 22.7 Å². The van der Waals surface area contributed by atoms with Crippen LogP contribution in [0.25, 0.3) is 0 Å². The van der Waals surface area contributed by atoms with Crippen LogP contribution in [-0.4, -0.2) is 40.8 Å². The fraction of sp³-hybridized carbons (Fsp3) is 0.818. The molecule has 0 aromatic rings. The Labute approximate surface area is 108 Å². The number of hydrogen-bond donors (Lipinski definition) is 2. The van der Waals surface area contributed by atoms with Crippen molar-refractivity contribution in [3.8, 4) is 0 Å². The molecule has 0 radical (unpaired) electrons. The van der Waals surface area contributed by atoms with Gasteiger partial charge in [-0.1, -0.05) is 0 Å². The summed E-state index contributed by atoms with van der Waals surface area (Å²) in [4.78, 5) is 13.6. The molecule has 6 heteroatoms. The van der Waals surface area contributed by atoms with Crippen LogP contribution in [-0.2, 0) is 4.74 Å². The standard InChI is InChI=1S/C11H21N3O2S/c1-11(2,3)16-10(15)14-6-4-5-8(7-14)13-9(12)17/h8H,4-7H2,1-3H3,(H3,12,13,17). The molecule has 0 saturated carbocycles. The molecule has 1 aliphatic rings. The Morgan fingerprint density at radius 1 is 1.53 bits per heavy atom. The Bertz CT molecular complexity index is 302. The SMILES string of the molecule is CC(C)(C)OC(=O)N1CCCC(NC(N)=S)C1. The third-order valence-electron chi connectivity index (χ3n) is 2.42. The minimum absolute atomic E-state index is 0.133. The Kier molecular flexibility index (Phi) is 4.56. The fourth-order valence-electron chi connectivity index (χ4n) is 1.79. The number of hydrogen-bond acceptors (Lipinski definition) is 3. The number of thiocarbonyl (C=S) groups is 1. The van der Waals surface area contributed by atoms with E-state index in [-0.39, 0.29) is 17.2 Å². The van der Waals surface area contributed by atoms with Crippen molar-refractivity contribution in [3.05, 3.63) is 0 Å². The van der Waals surface area contributed by atoms with Gasteiger partial charge in [-0.15, -0.1) is 0 Å². The van der Waals surface area contributed by atoms with Crippen molar-refractivity contribution in [1.82, 2.24) is 10.2 Å². The lowest BCUT2D eigenvalue weighted by molar-refractivity contribution is 0.0194. The average molecular weight is 259 g/mol. The second-order valence-electron chi connectivity index (χ2n) is 5.27. The van der Waals surface area contributed by atoms with Crippen LogP contribution in [0.4, 0.5) is 4.79 Å². The van der Waals surface area contributed by atoms with Crippen molar-refractivity contribution >= 4 is 23.4 Å². The van der Waals surface area contributed by atoms with Crippen molar-refractivity contribution < 1.29 is 9.53 Å². The minimum Gasteiger partial charge on any atom is -0.444 e. The normalized spacial score (nSPS) is 20.9. The number of nitrogens with one attached hydrogen (secondary N) is 1. The molecule has 0 aromatic carbocycles. The van der Waals surface area contributed by atoms with E-state index in [2.05, 4.69) is 5.32 Å². The smallest absolute Gasteiger partial charge is 0.410 e. The molecule has 1 fully saturated rings. The van der Waals surface area contributed by atoms with Crippen LogP contribution in [0.3, 0.4) is 0 Å². The van der Waals surface area contributed by atoms with Gasteiger partial charge in [-0.2, -0.15) is 0 Å². The Balaban J connectivity index is 2.49. The van der Waals surface area contributed by atoms with Crippen LogP contribution >= 0.6 is 12.2 Å². The summed E-state index contributed by atoms with van der Waals surface area (Å²) in [5, 5.41) is 3.27. The van der Waals surface area contributed by atoms with Gasteiger partial charge in [-0.05, 0) is 45.8 Å². The van der Waals surface area contributed by atoms with E-state index in [0.29, 0.717) is 6.54 Å². The molecule has 1 unspecified atom stereocenters. The van der Waals surface area contributed by atoms with Crippen molar-refractivity contribution in [1.29, 1.82) is 0 Å². The molecule has 1 aliphatic heterocycles. The average Bonchev–Trinajstić information content (AvgIpc) is 2.14. The Morgan fingerprint density at radius 3 is 2.71 bits per heavy atom. The van der Waals surface area contributed by atoms with Crippen molar-refractivity contribution in [3.63, 3.8) is 0 Å². The van der Waals surface area contributed by atoms with Gasteiger partial charge < -0.3 is 20.7 Å². The zero-order valence-corrected chi connectivity index (χ0v) is 11.5. The molecule has 1 heterocycles. The van der Waals surface area contributed by atoms with E-state index in [9.17, 15) is 4.79 Å². The molecule has 98 valence electrons. The molecule has 1 rings (SSSR count). The molecule has 3 N–H and O–H groups in total. The third-order valence-corrected chi connectivity index (χ3v) is 2.54. The summed E-state index contributed by atoms with van der Waals surface area (Å²) in [5.41, 5.74) is 4.97. The maximum absolute atomic E-state index is 11.9. The van der Waals surface area contributed by atoms with Crippen LogP contribution in [0.2, 0.25) is 0 Å². The number of nitrogens with zero attached hydrogens (tertiary/aromatic N) is 1. The summed E-state index contributed by atoms with van der Waals surface area (Å²) in [6.07, 6.45) is 1.63. The number of ether oxygens (including phenoxy) is 1. The molecule has 1 atom stereocenters. The summed E-state index contributed by atoms with van der Waals surface area (Å²) >= 11 is 4.80. The number of carbonyl (C=O) groups is 1. The van der Waals surface area contributed by atoms with E-state index in [1.807, 2.05) is 20.8 Å². The topological polar surface area (TPSA) is 67.6 Å². The highest BCUT2D eigenvalue weighted by molar-refractivity contribution is 7.80. The molecular weight excluding hydrogens is 238 g/mol. The molecule has 0 bridgehead atoms. The third kappa shape index (κ3) is 5.21. The molecule has 0 aromatic heterocycles. The van der Waals surface area contributed by atoms with Crippen LogP contribution in [0, 0.1) is 0 Å². The van der Waals surface area contributed by atoms with E-state index in [1.54, 1.807) is 4.90 Å². The maximum atomic E-state index is 11.9. The first-order valence-corrected chi connectivity index (χ1v) is 6.22. The fourth-order valence-corrected chi connectivity index (χ4v) is 1.96. The zero-order chi connectivity index (χ0) is 13.1. The van der Waals surface area contributed by atoms with E-state index in [0.717, 1.165) is 19.4 Å². The summed E-state index contributed by atoms with van der Waals surface area (Å²) in [5.74, 6) is 0. The first-order chi connectivity index (χ1) is 7.78. The predicted molar refractivity (Wildman–Crippen MR) is 70.8 cm³/mol. The molecule has 1 saturated heterocycles. The quantitative estimate of drug-likeness (QED) is 0.693. The number of rotatable bonds is 1. The van der Waals surface area contributed by atoms with Gasteiger partial charge in [0.1, 0.15) is 5.60 Å². The Morgan fingerprint density at radius 2 is 2.18 bits per heavy atom. The van der Waals surface area contributed by atoms with Crippen LogP contribution in [0.1, 0.15) is 33.6 Å². The predicted octanol–water partition coefficient (Wildman–Crippen LogP) is 1.22. The lowest BCUT2D eigenvalue weighted by Gasteiger charge is -2.34. The minimum atomic E-state index is -0.458. The molecule has 1 amide bonds. The first-order valence-electron chi connectivity index (χ1n) is 5.82. The highest BCUT2D eigenvalue weighted by atomic mass is 32.1. The van der Waals surface area contributed by atoms with Gasteiger partial charge in [0.15, 0.2) is 5.11 Å². The largest absolute Gasteiger partial charge is 0.444 e. The zero-order valence-electron chi connectivity index (χ0n) is 10.7. The van der Waals surface area contributed by atoms with Crippen LogP contribution in [0.15, 0.2) is 0 Å². The van der Waals surface area contributed by atoms with Crippen molar-refractivity contribution in [2.45, 2.75) is 45.3 Å². The van der Waals surface area contributed by atoms with Crippen LogP contribution < -0.4 is 11.1 Å².